The van der Waals surface area contributed by atoms with Crippen molar-refractivity contribution in [2.24, 2.45) is 0 Å². The number of aliphatic hydroxyl groups is 2. The van der Waals surface area contributed by atoms with Crippen LogP contribution in [0.3, 0.4) is 0 Å². The van der Waals surface area contributed by atoms with Gasteiger partial charge in [-0.25, -0.2) is 0 Å². The van der Waals surface area contributed by atoms with E-state index in [1.165, 1.54) is 398 Å². The summed E-state index contributed by atoms with van der Waals surface area (Å²) in [7, 11) is 0. The van der Waals surface area contributed by atoms with E-state index in [0.717, 1.165) is 44.9 Å². The van der Waals surface area contributed by atoms with Gasteiger partial charge in [-0.15, -0.1) is 0 Å². The maximum atomic E-state index is 12.6. The molecule has 534 valence electrons. The largest absolute Gasteiger partial charge is 0.466 e. The van der Waals surface area contributed by atoms with Gasteiger partial charge < -0.3 is 20.3 Å². The summed E-state index contributed by atoms with van der Waals surface area (Å²) >= 11 is 0. The van der Waals surface area contributed by atoms with Crippen LogP contribution in [0.2, 0.25) is 0 Å². The lowest BCUT2D eigenvalue weighted by molar-refractivity contribution is -0.143. The molecule has 0 radical (unpaired) electrons. The molecular formula is C84H163NO5. The summed E-state index contributed by atoms with van der Waals surface area (Å²) in [5.74, 6) is -0.0119. The molecule has 0 aliphatic carbocycles. The number of ether oxygens (including phenoxy) is 1. The second-order valence-electron chi connectivity index (χ2n) is 28.8. The molecule has 0 fully saturated rings. The number of hydrogen-bond donors (Lipinski definition) is 3. The predicted molar refractivity (Wildman–Crippen MR) is 398 cm³/mol. The first kappa shape index (κ1) is 88.3. The van der Waals surface area contributed by atoms with E-state index in [2.05, 4.69) is 43.5 Å². The minimum atomic E-state index is -0.663. The fraction of sp³-hybridized carbons (Fsp3) is 0.929. The highest BCUT2D eigenvalue weighted by Gasteiger charge is 2.20. The molecule has 0 spiro atoms. The molecule has 0 saturated heterocycles. The van der Waals surface area contributed by atoms with Crippen molar-refractivity contribution in [2.75, 3.05) is 13.2 Å². The van der Waals surface area contributed by atoms with Crippen LogP contribution in [0.4, 0.5) is 0 Å². The first-order chi connectivity index (χ1) is 44.5. The number of rotatable bonds is 79. The van der Waals surface area contributed by atoms with Gasteiger partial charge in [0.1, 0.15) is 0 Å². The van der Waals surface area contributed by atoms with Crippen molar-refractivity contribution in [1.29, 1.82) is 0 Å². The molecule has 0 aromatic rings. The number of hydrogen-bond acceptors (Lipinski definition) is 5. The predicted octanol–water partition coefficient (Wildman–Crippen LogP) is 27.6. The van der Waals surface area contributed by atoms with E-state index in [1.54, 1.807) is 0 Å². The topological polar surface area (TPSA) is 95.9 Å². The van der Waals surface area contributed by atoms with Gasteiger partial charge in [-0.05, 0) is 77.0 Å². The Bertz CT molecular complexity index is 1410. The number of aliphatic hydroxyl groups excluding tert-OH is 2. The number of carbonyl (C=O) groups excluding carboxylic acids is 2. The van der Waals surface area contributed by atoms with Crippen molar-refractivity contribution in [3.63, 3.8) is 0 Å². The van der Waals surface area contributed by atoms with E-state index in [0.29, 0.717) is 25.9 Å². The van der Waals surface area contributed by atoms with Crippen molar-refractivity contribution in [1.82, 2.24) is 5.32 Å². The molecule has 0 bridgehead atoms. The standard InChI is InChI=1S/C84H163NO5/c1-3-5-7-9-11-13-15-17-18-19-20-21-37-40-43-46-49-53-56-60-64-68-72-76-82(87)81(80-86)85-83(88)77-73-69-65-61-57-54-50-47-44-41-38-35-33-31-29-27-25-23-22-24-26-28-30-32-34-36-39-42-45-48-51-55-59-63-67-71-75-79-90-84(89)78-74-70-66-62-58-52-16-14-12-10-8-6-4-2/h14,16,22,24,81-82,86-87H,3-13,15,17-21,23,25-80H2,1-2H3,(H,85,88)/b16-14-,24-22-. The Morgan fingerprint density at radius 1 is 0.300 bits per heavy atom. The Hall–Kier alpha value is -1.66. The summed E-state index contributed by atoms with van der Waals surface area (Å²) in [5, 5.41) is 23.5. The minimum Gasteiger partial charge on any atom is -0.466 e. The molecule has 0 aromatic carbocycles. The molecule has 0 heterocycles. The number of nitrogens with one attached hydrogen (secondary N) is 1. The monoisotopic (exact) mass is 1270 g/mol. The quantitative estimate of drug-likeness (QED) is 0.0320. The third-order valence-electron chi connectivity index (χ3n) is 19.7. The van der Waals surface area contributed by atoms with Gasteiger partial charge in [0.05, 0.1) is 25.4 Å². The molecule has 0 aromatic heterocycles. The number of unbranched alkanes of at least 4 members (excludes halogenated alkanes) is 64. The second-order valence-corrected chi connectivity index (χ2v) is 28.8. The summed E-state index contributed by atoms with van der Waals surface area (Å²) in [6.45, 7) is 4.99. The fourth-order valence-electron chi connectivity index (χ4n) is 13.4. The molecule has 0 aliphatic heterocycles. The van der Waals surface area contributed by atoms with E-state index in [-0.39, 0.29) is 18.5 Å². The lowest BCUT2D eigenvalue weighted by Gasteiger charge is -2.22. The summed E-state index contributed by atoms with van der Waals surface area (Å²) < 4.78 is 5.49. The van der Waals surface area contributed by atoms with Crippen LogP contribution in [-0.4, -0.2) is 47.4 Å². The molecule has 0 aliphatic rings. The van der Waals surface area contributed by atoms with Gasteiger partial charge in [0.25, 0.3) is 0 Å². The van der Waals surface area contributed by atoms with Gasteiger partial charge in [0, 0.05) is 12.8 Å². The second kappa shape index (κ2) is 79.8. The average Bonchev–Trinajstić information content (AvgIpc) is 3.71. The molecule has 0 saturated carbocycles. The van der Waals surface area contributed by atoms with E-state index in [9.17, 15) is 19.8 Å². The smallest absolute Gasteiger partial charge is 0.305 e. The molecule has 90 heavy (non-hydrogen) atoms. The zero-order valence-electron chi connectivity index (χ0n) is 61.4. The highest BCUT2D eigenvalue weighted by molar-refractivity contribution is 5.76. The van der Waals surface area contributed by atoms with Crippen LogP contribution in [0.5, 0.6) is 0 Å². The molecule has 3 N–H and O–H groups in total. The zero-order chi connectivity index (χ0) is 64.9. The van der Waals surface area contributed by atoms with Gasteiger partial charge in [-0.3, -0.25) is 9.59 Å². The number of carbonyl (C=O) groups is 2. The van der Waals surface area contributed by atoms with Crippen molar-refractivity contribution >= 4 is 11.9 Å². The van der Waals surface area contributed by atoms with Crippen LogP contribution in [0.15, 0.2) is 24.3 Å². The molecular weight excluding hydrogens is 1100 g/mol. The van der Waals surface area contributed by atoms with E-state index >= 15 is 0 Å². The zero-order valence-corrected chi connectivity index (χ0v) is 61.4. The van der Waals surface area contributed by atoms with Crippen molar-refractivity contribution in [3.8, 4) is 0 Å². The third-order valence-corrected chi connectivity index (χ3v) is 19.7. The summed E-state index contributed by atoms with van der Waals surface area (Å²) in [6, 6.07) is -0.539. The van der Waals surface area contributed by atoms with Gasteiger partial charge in [0.15, 0.2) is 0 Å². The van der Waals surface area contributed by atoms with Crippen LogP contribution < -0.4 is 5.32 Å². The maximum Gasteiger partial charge on any atom is 0.305 e. The van der Waals surface area contributed by atoms with Crippen LogP contribution >= 0.6 is 0 Å². The molecule has 1 amide bonds. The fourth-order valence-corrected chi connectivity index (χ4v) is 13.4. The molecule has 6 heteroatoms. The van der Waals surface area contributed by atoms with Gasteiger partial charge in [-0.1, -0.05) is 411 Å². The first-order valence-electron chi connectivity index (χ1n) is 41.6. The van der Waals surface area contributed by atoms with Crippen molar-refractivity contribution in [3.05, 3.63) is 24.3 Å². The van der Waals surface area contributed by atoms with E-state index in [1.807, 2.05) is 0 Å². The van der Waals surface area contributed by atoms with Gasteiger partial charge >= 0.3 is 5.97 Å². The Morgan fingerprint density at radius 2 is 0.522 bits per heavy atom. The van der Waals surface area contributed by atoms with Crippen LogP contribution in [0.1, 0.15) is 476 Å². The lowest BCUT2D eigenvalue weighted by atomic mass is 10.0. The van der Waals surface area contributed by atoms with Crippen molar-refractivity contribution in [2.45, 2.75) is 488 Å². The van der Waals surface area contributed by atoms with Crippen LogP contribution in [0, 0.1) is 0 Å². The number of esters is 1. The Labute approximate surface area is 564 Å². The Balaban J connectivity index is 3.34. The number of allylic oxidation sites excluding steroid dienone is 4. The van der Waals surface area contributed by atoms with E-state index in [4.69, 9.17) is 4.74 Å². The summed E-state index contributed by atoms with van der Waals surface area (Å²) in [4.78, 5) is 24.6. The average molecular weight is 1270 g/mol. The summed E-state index contributed by atoms with van der Waals surface area (Å²) in [5.41, 5.74) is 0. The Kier molecular flexibility index (Phi) is 78.3. The van der Waals surface area contributed by atoms with Crippen molar-refractivity contribution < 1.29 is 24.5 Å². The minimum absolute atomic E-state index is 0.0131. The summed E-state index contributed by atoms with van der Waals surface area (Å²) in [6.07, 6.45) is 103. The number of amides is 1. The lowest BCUT2D eigenvalue weighted by Crippen LogP contribution is -2.45. The Morgan fingerprint density at radius 3 is 0.800 bits per heavy atom. The SMILES string of the molecule is CCCCCC/C=C\CCCCCCCC(=O)OCCCCCCCCCCCCCCCCCC/C=C\CCCCCCCCCCCCCCCCCCCC(=O)NC(CO)C(O)CCCCCCCCCCCCCCCCCCCCCCCCC. The van der Waals surface area contributed by atoms with Gasteiger partial charge in [-0.2, -0.15) is 0 Å². The van der Waals surface area contributed by atoms with Crippen LogP contribution in [-0.2, 0) is 14.3 Å². The molecule has 0 rings (SSSR count). The highest BCUT2D eigenvalue weighted by Crippen LogP contribution is 2.20. The highest BCUT2D eigenvalue weighted by atomic mass is 16.5. The maximum absolute atomic E-state index is 12.6. The van der Waals surface area contributed by atoms with E-state index < -0.39 is 12.1 Å². The molecule has 6 nitrogen and oxygen atoms in total. The molecule has 2 atom stereocenters. The third kappa shape index (κ3) is 75.4. The first-order valence-corrected chi connectivity index (χ1v) is 41.6. The van der Waals surface area contributed by atoms with Gasteiger partial charge in [0.2, 0.25) is 5.91 Å². The molecule has 2 unspecified atom stereocenters. The van der Waals surface area contributed by atoms with Crippen LogP contribution in [0.25, 0.3) is 0 Å². The normalized spacial score (nSPS) is 12.5.